The predicted octanol–water partition coefficient (Wildman–Crippen LogP) is 5.49. The Bertz CT molecular complexity index is 638. The van der Waals surface area contributed by atoms with Crippen molar-refractivity contribution in [3.8, 4) is 0 Å². The summed E-state index contributed by atoms with van der Waals surface area (Å²) in [7, 11) is 0. The number of Topliss-reactive ketones (excluding diaryl/α,β-unsaturated/α-hetero) is 1. The van der Waals surface area contributed by atoms with Crippen LogP contribution in [-0.4, -0.2) is 5.78 Å². The van der Waals surface area contributed by atoms with Crippen LogP contribution in [0.4, 0.5) is 0 Å². The first kappa shape index (κ1) is 14.6. The van der Waals surface area contributed by atoms with Crippen LogP contribution in [0.1, 0.15) is 21.5 Å². The molecule has 2 aromatic carbocycles. The molecule has 98 valence electrons. The summed E-state index contributed by atoms with van der Waals surface area (Å²) in [6.45, 7) is 1.96. The Morgan fingerprint density at radius 1 is 1.16 bits per heavy atom. The van der Waals surface area contributed by atoms with Crippen molar-refractivity contribution in [1.82, 2.24) is 0 Å². The minimum Gasteiger partial charge on any atom is -0.294 e. The van der Waals surface area contributed by atoms with Gasteiger partial charge in [0.25, 0.3) is 0 Å². The maximum absolute atomic E-state index is 12.3. The van der Waals surface area contributed by atoms with E-state index >= 15 is 0 Å². The van der Waals surface area contributed by atoms with Gasteiger partial charge in [0.2, 0.25) is 0 Å². The van der Waals surface area contributed by atoms with Crippen LogP contribution in [0.3, 0.4) is 0 Å². The van der Waals surface area contributed by atoms with E-state index in [-0.39, 0.29) is 12.2 Å². The summed E-state index contributed by atoms with van der Waals surface area (Å²) in [5.74, 6) is 0.0276. The molecule has 0 atom stereocenters. The van der Waals surface area contributed by atoms with Crippen LogP contribution in [0.2, 0.25) is 10.0 Å². The van der Waals surface area contributed by atoms with E-state index in [0.29, 0.717) is 15.6 Å². The number of carbonyl (C=O) groups is 1. The Morgan fingerprint density at radius 2 is 1.89 bits per heavy atom. The molecule has 4 heteroatoms. The second kappa shape index (κ2) is 6.08. The van der Waals surface area contributed by atoms with Crippen molar-refractivity contribution in [3.63, 3.8) is 0 Å². The highest BCUT2D eigenvalue weighted by molar-refractivity contribution is 9.10. The van der Waals surface area contributed by atoms with Gasteiger partial charge in [-0.2, -0.15) is 0 Å². The molecule has 0 aliphatic heterocycles. The number of rotatable bonds is 3. The molecule has 0 heterocycles. The van der Waals surface area contributed by atoms with E-state index in [0.717, 1.165) is 15.6 Å². The Morgan fingerprint density at radius 3 is 2.58 bits per heavy atom. The van der Waals surface area contributed by atoms with E-state index in [1.54, 1.807) is 18.2 Å². The molecule has 1 nitrogen and oxygen atoms in total. The first-order chi connectivity index (χ1) is 8.97. The fourth-order valence-electron chi connectivity index (χ4n) is 1.79. The van der Waals surface area contributed by atoms with E-state index in [9.17, 15) is 4.79 Å². The second-order valence-corrected chi connectivity index (χ2v) is 6.02. The van der Waals surface area contributed by atoms with Crippen LogP contribution in [0.5, 0.6) is 0 Å². The van der Waals surface area contributed by atoms with Gasteiger partial charge in [-0.3, -0.25) is 4.79 Å². The summed E-state index contributed by atoms with van der Waals surface area (Å²) in [5.41, 5.74) is 2.50. The summed E-state index contributed by atoms with van der Waals surface area (Å²) in [4.78, 5) is 12.3. The Kier molecular flexibility index (Phi) is 4.67. The minimum absolute atomic E-state index is 0.0276. The first-order valence-corrected chi connectivity index (χ1v) is 7.25. The summed E-state index contributed by atoms with van der Waals surface area (Å²) in [5, 5.41) is 1.09. The van der Waals surface area contributed by atoms with Crippen molar-refractivity contribution in [2.24, 2.45) is 0 Å². The second-order valence-electron chi connectivity index (χ2n) is 4.32. The van der Waals surface area contributed by atoms with Crippen LogP contribution in [0, 0.1) is 6.92 Å². The molecule has 0 spiro atoms. The molecule has 2 aromatic rings. The first-order valence-electron chi connectivity index (χ1n) is 5.70. The van der Waals surface area contributed by atoms with Gasteiger partial charge in [0.15, 0.2) is 5.78 Å². The normalized spacial score (nSPS) is 10.5. The zero-order valence-electron chi connectivity index (χ0n) is 10.2. The SMILES string of the molecule is Cc1ccc(Br)c(C(=O)Cc2ccc(Cl)cc2Cl)c1. The molecule has 0 N–H and O–H groups in total. The predicted molar refractivity (Wildman–Crippen MR) is 83.4 cm³/mol. The molecule has 0 unspecified atom stereocenters. The number of aryl methyl sites for hydroxylation is 1. The lowest BCUT2D eigenvalue weighted by Gasteiger charge is -2.07. The topological polar surface area (TPSA) is 17.1 Å². The largest absolute Gasteiger partial charge is 0.294 e. The van der Waals surface area contributed by atoms with Crippen molar-refractivity contribution in [2.45, 2.75) is 13.3 Å². The lowest BCUT2D eigenvalue weighted by molar-refractivity contribution is 0.0992. The van der Waals surface area contributed by atoms with E-state index < -0.39 is 0 Å². The molecule has 19 heavy (non-hydrogen) atoms. The van der Waals surface area contributed by atoms with Crippen LogP contribution in [0.25, 0.3) is 0 Å². The standard InChI is InChI=1S/C15H11BrCl2O/c1-9-2-5-13(16)12(6-9)15(19)7-10-3-4-11(17)8-14(10)18/h2-6,8H,7H2,1H3. The van der Waals surface area contributed by atoms with Gasteiger partial charge in [0.1, 0.15) is 0 Å². The fraction of sp³-hybridized carbons (Fsp3) is 0.133. The molecular formula is C15H11BrCl2O. The highest BCUT2D eigenvalue weighted by Crippen LogP contribution is 2.24. The zero-order chi connectivity index (χ0) is 14.0. The van der Waals surface area contributed by atoms with Gasteiger partial charge in [0.05, 0.1) is 0 Å². The van der Waals surface area contributed by atoms with E-state index in [1.807, 2.05) is 25.1 Å². The highest BCUT2D eigenvalue weighted by Gasteiger charge is 2.13. The fourth-order valence-corrected chi connectivity index (χ4v) is 2.73. The summed E-state index contributed by atoms with van der Waals surface area (Å²) in [6.07, 6.45) is 0.262. The molecule has 0 saturated heterocycles. The average molecular weight is 358 g/mol. The van der Waals surface area contributed by atoms with Gasteiger partial charge in [-0.15, -0.1) is 0 Å². The quantitative estimate of drug-likeness (QED) is 0.664. The Labute approximate surface area is 130 Å². The maximum atomic E-state index is 12.3. The highest BCUT2D eigenvalue weighted by atomic mass is 79.9. The summed E-state index contributed by atoms with van der Waals surface area (Å²) < 4.78 is 0.799. The molecule has 0 bridgehead atoms. The monoisotopic (exact) mass is 356 g/mol. The van der Waals surface area contributed by atoms with Crippen LogP contribution in [0.15, 0.2) is 40.9 Å². The number of halogens is 3. The molecule has 0 radical (unpaired) electrons. The van der Waals surface area contributed by atoms with Gasteiger partial charge in [-0.1, -0.05) is 56.8 Å². The lowest BCUT2D eigenvalue weighted by Crippen LogP contribution is -2.05. The molecule has 0 aliphatic rings. The molecule has 0 fully saturated rings. The van der Waals surface area contributed by atoms with Gasteiger partial charge in [-0.05, 0) is 36.8 Å². The number of carbonyl (C=O) groups excluding carboxylic acids is 1. The number of hydrogen-bond acceptors (Lipinski definition) is 1. The number of benzene rings is 2. The number of ketones is 1. The molecule has 0 amide bonds. The van der Waals surface area contributed by atoms with Crippen molar-refractivity contribution in [2.75, 3.05) is 0 Å². The van der Waals surface area contributed by atoms with Crippen molar-refractivity contribution in [3.05, 3.63) is 67.6 Å². The Balaban J connectivity index is 2.28. The third-order valence-corrected chi connectivity index (χ3v) is 4.07. The van der Waals surface area contributed by atoms with Crippen LogP contribution >= 0.6 is 39.1 Å². The lowest BCUT2D eigenvalue weighted by atomic mass is 10.0. The maximum Gasteiger partial charge on any atom is 0.168 e. The molecule has 2 rings (SSSR count). The molecule has 0 saturated carbocycles. The number of hydrogen-bond donors (Lipinski definition) is 0. The van der Waals surface area contributed by atoms with E-state index in [1.165, 1.54) is 0 Å². The van der Waals surface area contributed by atoms with E-state index in [2.05, 4.69) is 15.9 Å². The molecular weight excluding hydrogens is 347 g/mol. The summed E-state index contributed by atoms with van der Waals surface area (Å²) >= 11 is 15.3. The smallest absolute Gasteiger partial charge is 0.168 e. The third-order valence-electron chi connectivity index (χ3n) is 2.79. The van der Waals surface area contributed by atoms with Gasteiger partial charge < -0.3 is 0 Å². The van der Waals surface area contributed by atoms with Crippen molar-refractivity contribution < 1.29 is 4.79 Å². The van der Waals surface area contributed by atoms with Crippen LogP contribution in [-0.2, 0) is 6.42 Å². The Hall–Kier alpha value is -0.830. The summed E-state index contributed by atoms with van der Waals surface area (Å²) in [6, 6.07) is 10.9. The third kappa shape index (κ3) is 3.59. The van der Waals surface area contributed by atoms with Crippen molar-refractivity contribution >= 4 is 44.9 Å². The minimum atomic E-state index is 0.0276. The van der Waals surface area contributed by atoms with Crippen LogP contribution < -0.4 is 0 Å². The zero-order valence-corrected chi connectivity index (χ0v) is 13.3. The van der Waals surface area contributed by atoms with Gasteiger partial charge >= 0.3 is 0 Å². The van der Waals surface area contributed by atoms with Gasteiger partial charge in [-0.25, -0.2) is 0 Å². The molecule has 0 aromatic heterocycles. The van der Waals surface area contributed by atoms with Gasteiger partial charge in [0, 0.05) is 26.5 Å². The molecule has 0 aliphatic carbocycles. The average Bonchev–Trinajstić information content (AvgIpc) is 2.35. The van der Waals surface area contributed by atoms with E-state index in [4.69, 9.17) is 23.2 Å². The van der Waals surface area contributed by atoms with Crippen molar-refractivity contribution in [1.29, 1.82) is 0 Å².